The summed E-state index contributed by atoms with van der Waals surface area (Å²) in [6, 6.07) is 13.1. The number of rotatable bonds is 2. The summed E-state index contributed by atoms with van der Waals surface area (Å²) in [5.41, 5.74) is 4.16. The number of nitrogens with zero attached hydrogens (tertiary/aromatic N) is 2. The van der Waals surface area contributed by atoms with Crippen LogP contribution in [0.4, 0.5) is 0 Å². The molecule has 0 atom stereocenters. The lowest BCUT2D eigenvalue weighted by Crippen LogP contribution is -2.23. The van der Waals surface area contributed by atoms with Gasteiger partial charge in [0.05, 0.1) is 10.2 Å². The highest BCUT2D eigenvalue weighted by atomic mass is 32.1. The van der Waals surface area contributed by atoms with Crippen LogP contribution < -0.4 is 19.7 Å². The fourth-order valence-electron chi connectivity index (χ4n) is 2.54. The van der Waals surface area contributed by atoms with Crippen LogP contribution in [0.2, 0.25) is 0 Å². The Hall–Kier alpha value is -2.80. The van der Waals surface area contributed by atoms with E-state index in [0.717, 1.165) is 15.0 Å². The zero-order chi connectivity index (χ0) is 16.5. The average molecular weight is 341 g/mol. The minimum absolute atomic E-state index is 0.288. The fourth-order valence-corrected chi connectivity index (χ4v) is 3.52. The van der Waals surface area contributed by atoms with Gasteiger partial charge in [0.1, 0.15) is 13.2 Å². The third-order valence-corrected chi connectivity index (χ3v) is 4.89. The maximum absolute atomic E-state index is 12.3. The quantitative estimate of drug-likeness (QED) is 0.727. The third-order valence-electron chi connectivity index (χ3n) is 3.77. The molecule has 7 heteroatoms. The minimum Gasteiger partial charge on any atom is -0.486 e. The van der Waals surface area contributed by atoms with Crippen LogP contribution in [-0.2, 0) is 7.05 Å². The van der Waals surface area contributed by atoms with Gasteiger partial charge in [0.2, 0.25) is 4.80 Å². The molecule has 0 radical (unpaired) electrons. The Kier molecular flexibility index (Phi) is 3.70. The number of aryl methyl sites for hydroxylation is 1. The second-order valence-electron chi connectivity index (χ2n) is 5.32. The molecule has 0 spiro atoms. The summed E-state index contributed by atoms with van der Waals surface area (Å²) >= 11 is 1.52. The summed E-state index contributed by atoms with van der Waals surface area (Å²) in [7, 11) is 1.92. The summed E-state index contributed by atoms with van der Waals surface area (Å²) in [5, 5.41) is 4.24. The number of hydrogen-bond donors (Lipinski definition) is 1. The maximum atomic E-state index is 12.3. The molecule has 0 saturated heterocycles. The summed E-state index contributed by atoms with van der Waals surface area (Å²) in [5.74, 6) is 0.955. The zero-order valence-corrected chi connectivity index (χ0v) is 13.8. The molecule has 4 rings (SSSR count). The molecule has 1 aliphatic rings. The first-order valence-electron chi connectivity index (χ1n) is 7.50. The maximum Gasteiger partial charge on any atom is 0.271 e. The average Bonchev–Trinajstić information content (AvgIpc) is 2.95. The van der Waals surface area contributed by atoms with E-state index >= 15 is 0 Å². The number of amides is 1. The molecule has 1 amide bonds. The van der Waals surface area contributed by atoms with Crippen LogP contribution in [0.1, 0.15) is 10.4 Å². The summed E-state index contributed by atoms with van der Waals surface area (Å²) < 4.78 is 14.0. The molecule has 3 aromatic rings. The van der Waals surface area contributed by atoms with Gasteiger partial charge in [0.15, 0.2) is 11.5 Å². The van der Waals surface area contributed by atoms with Gasteiger partial charge in [-0.05, 0) is 30.3 Å². The van der Waals surface area contributed by atoms with Crippen LogP contribution in [0.3, 0.4) is 0 Å². The van der Waals surface area contributed by atoms with Crippen molar-refractivity contribution in [3.63, 3.8) is 0 Å². The molecule has 2 heterocycles. The van der Waals surface area contributed by atoms with Crippen LogP contribution in [0.25, 0.3) is 10.2 Å². The number of ether oxygens (including phenoxy) is 2. The number of carbonyl (C=O) groups is 1. The molecule has 0 saturated carbocycles. The molecule has 0 unspecified atom stereocenters. The highest BCUT2D eigenvalue weighted by molar-refractivity contribution is 7.16. The predicted octanol–water partition coefficient (Wildman–Crippen LogP) is 2.26. The van der Waals surface area contributed by atoms with Gasteiger partial charge in [-0.1, -0.05) is 23.5 Å². The smallest absolute Gasteiger partial charge is 0.271 e. The summed E-state index contributed by atoms with van der Waals surface area (Å²) in [4.78, 5) is 13.0. The first-order chi connectivity index (χ1) is 11.7. The molecule has 0 bridgehead atoms. The van der Waals surface area contributed by atoms with E-state index in [1.54, 1.807) is 18.2 Å². The van der Waals surface area contributed by atoms with Crippen LogP contribution in [-0.4, -0.2) is 23.7 Å². The first-order valence-corrected chi connectivity index (χ1v) is 8.32. The van der Waals surface area contributed by atoms with Gasteiger partial charge in [0, 0.05) is 12.6 Å². The Morgan fingerprint density at radius 2 is 1.96 bits per heavy atom. The van der Waals surface area contributed by atoms with Crippen molar-refractivity contribution < 1.29 is 14.3 Å². The van der Waals surface area contributed by atoms with E-state index < -0.39 is 0 Å². The number of benzene rings is 2. The van der Waals surface area contributed by atoms with E-state index in [-0.39, 0.29) is 5.91 Å². The SMILES string of the molecule is Cn1/c(=N\NC(=O)c2ccc3c(c2)OCCO3)sc2ccccc21. The lowest BCUT2D eigenvalue weighted by Gasteiger charge is -2.18. The molecular weight excluding hydrogens is 326 g/mol. The second-order valence-corrected chi connectivity index (χ2v) is 6.33. The molecule has 6 nitrogen and oxygen atoms in total. The van der Waals surface area contributed by atoms with Crippen molar-refractivity contribution in [1.82, 2.24) is 9.99 Å². The van der Waals surface area contributed by atoms with Crippen LogP contribution in [0.5, 0.6) is 11.5 Å². The number of fused-ring (bicyclic) bond motifs is 2. The Bertz CT molecular complexity index is 990. The Morgan fingerprint density at radius 1 is 1.17 bits per heavy atom. The van der Waals surface area contributed by atoms with Crippen LogP contribution >= 0.6 is 11.3 Å². The van der Waals surface area contributed by atoms with E-state index in [9.17, 15) is 4.79 Å². The van der Waals surface area contributed by atoms with Gasteiger partial charge in [-0.3, -0.25) is 4.79 Å². The van der Waals surface area contributed by atoms with E-state index in [2.05, 4.69) is 10.5 Å². The fraction of sp³-hybridized carbons (Fsp3) is 0.176. The van der Waals surface area contributed by atoms with E-state index in [1.165, 1.54) is 11.3 Å². The first kappa shape index (κ1) is 14.8. The van der Waals surface area contributed by atoms with Crippen molar-refractivity contribution in [2.24, 2.45) is 12.1 Å². The van der Waals surface area contributed by atoms with Gasteiger partial charge in [-0.15, -0.1) is 5.10 Å². The predicted molar refractivity (Wildman–Crippen MR) is 91.3 cm³/mol. The Balaban J connectivity index is 1.60. The normalized spacial score (nSPS) is 14.0. The number of para-hydroxylation sites is 1. The van der Waals surface area contributed by atoms with Gasteiger partial charge < -0.3 is 14.0 Å². The summed E-state index contributed by atoms with van der Waals surface area (Å²) in [6.07, 6.45) is 0. The molecular formula is C17H15N3O3S. The van der Waals surface area contributed by atoms with Crippen LogP contribution in [0, 0.1) is 0 Å². The molecule has 1 N–H and O–H groups in total. The van der Waals surface area contributed by atoms with Gasteiger partial charge in [-0.2, -0.15) is 0 Å². The molecule has 1 aliphatic heterocycles. The van der Waals surface area contributed by atoms with Crippen molar-refractivity contribution in [2.45, 2.75) is 0 Å². The zero-order valence-electron chi connectivity index (χ0n) is 13.0. The molecule has 122 valence electrons. The van der Waals surface area contributed by atoms with E-state index in [1.807, 2.05) is 35.9 Å². The Labute approximate surface area is 141 Å². The van der Waals surface area contributed by atoms with E-state index in [4.69, 9.17) is 9.47 Å². The van der Waals surface area contributed by atoms with Crippen molar-refractivity contribution in [1.29, 1.82) is 0 Å². The largest absolute Gasteiger partial charge is 0.486 e. The van der Waals surface area contributed by atoms with Gasteiger partial charge in [0.25, 0.3) is 5.91 Å². The number of hydrogen-bond acceptors (Lipinski definition) is 5. The van der Waals surface area contributed by atoms with Crippen LogP contribution in [0.15, 0.2) is 47.6 Å². The van der Waals surface area contributed by atoms with Crippen molar-refractivity contribution in [2.75, 3.05) is 13.2 Å². The molecule has 2 aromatic carbocycles. The monoisotopic (exact) mass is 341 g/mol. The van der Waals surface area contributed by atoms with E-state index in [0.29, 0.717) is 30.3 Å². The molecule has 24 heavy (non-hydrogen) atoms. The lowest BCUT2D eigenvalue weighted by atomic mass is 10.2. The van der Waals surface area contributed by atoms with Crippen molar-refractivity contribution in [3.8, 4) is 11.5 Å². The van der Waals surface area contributed by atoms with Crippen molar-refractivity contribution in [3.05, 3.63) is 52.8 Å². The Morgan fingerprint density at radius 3 is 2.79 bits per heavy atom. The minimum atomic E-state index is -0.288. The molecule has 1 aromatic heterocycles. The standard InChI is InChI=1S/C17H15N3O3S/c1-20-12-4-2-3-5-15(12)24-17(20)19-18-16(21)11-6-7-13-14(10-11)23-9-8-22-13/h2-7,10H,8-9H2,1H3,(H,18,21)/b19-17+. The van der Waals surface area contributed by atoms with Gasteiger partial charge in [-0.25, -0.2) is 5.43 Å². The molecule has 0 aliphatic carbocycles. The number of nitrogens with one attached hydrogen (secondary N) is 1. The van der Waals surface area contributed by atoms with Gasteiger partial charge >= 0.3 is 0 Å². The third kappa shape index (κ3) is 2.63. The number of thiazole rings is 1. The number of carbonyl (C=O) groups excluding carboxylic acids is 1. The number of aromatic nitrogens is 1. The second kappa shape index (κ2) is 6.01. The lowest BCUT2D eigenvalue weighted by molar-refractivity contribution is 0.0951. The molecule has 0 fully saturated rings. The highest BCUT2D eigenvalue weighted by Crippen LogP contribution is 2.30. The summed E-state index contributed by atoms with van der Waals surface area (Å²) in [6.45, 7) is 1.01. The highest BCUT2D eigenvalue weighted by Gasteiger charge is 2.14. The topological polar surface area (TPSA) is 64.9 Å². The van der Waals surface area contributed by atoms with Crippen molar-refractivity contribution >= 4 is 27.5 Å².